The molecule has 0 aliphatic rings. The summed E-state index contributed by atoms with van der Waals surface area (Å²) in [7, 11) is 1.59. The number of para-hydroxylation sites is 1. The van der Waals surface area contributed by atoms with Gasteiger partial charge in [-0.25, -0.2) is 9.67 Å². The molecule has 0 atom stereocenters. The zero-order chi connectivity index (χ0) is 13.9. The molecule has 0 bridgehead atoms. The summed E-state index contributed by atoms with van der Waals surface area (Å²) in [5.74, 6) is 1.10. The predicted molar refractivity (Wildman–Crippen MR) is 77.8 cm³/mol. The van der Waals surface area contributed by atoms with Gasteiger partial charge in [0.25, 0.3) is 0 Å². The van der Waals surface area contributed by atoms with Crippen LogP contribution >= 0.6 is 0 Å². The third-order valence-corrected chi connectivity index (χ3v) is 2.98. The van der Waals surface area contributed by atoms with Crippen LogP contribution in [0.2, 0.25) is 0 Å². The SMILES string of the molecule is COc1ncccc1-c1cc(N)n(-c2ccccc2)n1. The topological polar surface area (TPSA) is 66.0 Å². The summed E-state index contributed by atoms with van der Waals surface area (Å²) in [5, 5.41) is 4.53. The minimum atomic E-state index is 0.533. The number of rotatable bonds is 3. The molecule has 2 aromatic heterocycles. The molecule has 3 aromatic rings. The van der Waals surface area contributed by atoms with E-state index in [4.69, 9.17) is 10.5 Å². The van der Waals surface area contributed by atoms with Crippen molar-refractivity contribution in [2.75, 3.05) is 12.8 Å². The Kier molecular flexibility index (Phi) is 3.09. The highest BCUT2D eigenvalue weighted by Gasteiger charge is 2.13. The second kappa shape index (κ2) is 5.05. The number of anilines is 1. The van der Waals surface area contributed by atoms with Crippen molar-refractivity contribution in [1.29, 1.82) is 0 Å². The van der Waals surface area contributed by atoms with E-state index in [1.54, 1.807) is 18.0 Å². The molecule has 0 radical (unpaired) electrons. The van der Waals surface area contributed by atoms with E-state index in [1.807, 2.05) is 48.5 Å². The Bertz CT molecular complexity index is 722. The zero-order valence-corrected chi connectivity index (χ0v) is 11.0. The molecular weight excluding hydrogens is 252 g/mol. The van der Waals surface area contributed by atoms with E-state index in [2.05, 4.69) is 10.1 Å². The number of hydrogen-bond donors (Lipinski definition) is 1. The summed E-state index contributed by atoms with van der Waals surface area (Å²) in [6.45, 7) is 0. The Balaban J connectivity index is 2.09. The molecule has 3 rings (SSSR count). The van der Waals surface area contributed by atoms with Crippen LogP contribution in [0.1, 0.15) is 0 Å². The summed E-state index contributed by atoms with van der Waals surface area (Å²) in [5.41, 5.74) is 8.51. The van der Waals surface area contributed by atoms with Gasteiger partial charge in [-0.1, -0.05) is 18.2 Å². The summed E-state index contributed by atoms with van der Waals surface area (Å²) in [6.07, 6.45) is 1.68. The van der Waals surface area contributed by atoms with Crippen molar-refractivity contribution < 1.29 is 4.74 Å². The maximum Gasteiger partial charge on any atom is 0.222 e. The lowest BCUT2D eigenvalue weighted by atomic mass is 10.2. The van der Waals surface area contributed by atoms with Crippen LogP contribution in [0.5, 0.6) is 5.88 Å². The minimum Gasteiger partial charge on any atom is -0.481 e. The molecule has 0 unspecified atom stereocenters. The number of hydrogen-bond acceptors (Lipinski definition) is 4. The van der Waals surface area contributed by atoms with Crippen molar-refractivity contribution >= 4 is 5.82 Å². The smallest absolute Gasteiger partial charge is 0.222 e. The van der Waals surface area contributed by atoms with Crippen LogP contribution < -0.4 is 10.5 Å². The quantitative estimate of drug-likeness (QED) is 0.791. The molecule has 5 heteroatoms. The van der Waals surface area contributed by atoms with E-state index in [9.17, 15) is 0 Å². The molecule has 0 spiro atoms. The van der Waals surface area contributed by atoms with Gasteiger partial charge in [-0.3, -0.25) is 0 Å². The van der Waals surface area contributed by atoms with Crippen molar-refractivity contribution in [1.82, 2.24) is 14.8 Å². The molecule has 0 fully saturated rings. The Morgan fingerprint density at radius 2 is 1.90 bits per heavy atom. The van der Waals surface area contributed by atoms with E-state index in [0.717, 1.165) is 16.9 Å². The Labute approximate surface area is 116 Å². The zero-order valence-electron chi connectivity index (χ0n) is 11.0. The molecule has 20 heavy (non-hydrogen) atoms. The largest absolute Gasteiger partial charge is 0.481 e. The normalized spacial score (nSPS) is 10.4. The number of ether oxygens (including phenoxy) is 1. The predicted octanol–water partition coefficient (Wildman–Crippen LogP) is 2.53. The molecule has 5 nitrogen and oxygen atoms in total. The van der Waals surface area contributed by atoms with Gasteiger partial charge in [0.05, 0.1) is 18.4 Å². The van der Waals surface area contributed by atoms with Gasteiger partial charge < -0.3 is 10.5 Å². The van der Waals surface area contributed by atoms with Gasteiger partial charge in [-0.2, -0.15) is 5.10 Å². The summed E-state index contributed by atoms with van der Waals surface area (Å²) in [4.78, 5) is 4.17. The van der Waals surface area contributed by atoms with Crippen LogP contribution in [0.4, 0.5) is 5.82 Å². The first-order valence-electron chi connectivity index (χ1n) is 6.20. The maximum atomic E-state index is 6.04. The van der Waals surface area contributed by atoms with Crippen molar-refractivity contribution in [3.05, 3.63) is 54.7 Å². The van der Waals surface area contributed by atoms with Crippen LogP contribution in [-0.4, -0.2) is 21.9 Å². The van der Waals surface area contributed by atoms with Crippen LogP contribution in [0.15, 0.2) is 54.7 Å². The van der Waals surface area contributed by atoms with Gasteiger partial charge in [-0.05, 0) is 24.3 Å². The Hall–Kier alpha value is -2.82. The van der Waals surface area contributed by atoms with Crippen molar-refractivity contribution in [3.63, 3.8) is 0 Å². The number of aromatic nitrogens is 3. The van der Waals surface area contributed by atoms with Crippen LogP contribution in [0, 0.1) is 0 Å². The van der Waals surface area contributed by atoms with E-state index in [-0.39, 0.29) is 0 Å². The lowest BCUT2D eigenvalue weighted by Crippen LogP contribution is -2.01. The number of nitrogen functional groups attached to an aromatic ring is 1. The standard InChI is InChI=1S/C15H14N4O/c1-20-15-12(8-5-9-17-15)13-10-14(16)19(18-13)11-6-3-2-4-7-11/h2-10H,16H2,1H3. The molecule has 0 saturated carbocycles. The molecule has 0 aliphatic heterocycles. The Morgan fingerprint density at radius 3 is 2.65 bits per heavy atom. The lowest BCUT2D eigenvalue weighted by molar-refractivity contribution is 0.399. The number of methoxy groups -OCH3 is 1. The maximum absolute atomic E-state index is 6.04. The summed E-state index contributed by atoms with van der Waals surface area (Å²) < 4.78 is 6.95. The lowest BCUT2D eigenvalue weighted by Gasteiger charge is -2.04. The fourth-order valence-electron chi connectivity index (χ4n) is 2.05. The van der Waals surface area contributed by atoms with Crippen molar-refractivity contribution in [2.45, 2.75) is 0 Å². The minimum absolute atomic E-state index is 0.533. The fourth-order valence-corrected chi connectivity index (χ4v) is 2.05. The van der Waals surface area contributed by atoms with Gasteiger partial charge in [0.2, 0.25) is 5.88 Å². The number of nitrogens with two attached hydrogens (primary N) is 1. The van der Waals surface area contributed by atoms with E-state index in [1.165, 1.54) is 0 Å². The highest BCUT2D eigenvalue weighted by molar-refractivity contribution is 5.68. The molecule has 0 amide bonds. The van der Waals surface area contributed by atoms with E-state index < -0.39 is 0 Å². The number of pyridine rings is 1. The van der Waals surface area contributed by atoms with Gasteiger partial charge in [0, 0.05) is 12.3 Å². The first-order valence-corrected chi connectivity index (χ1v) is 6.20. The van der Waals surface area contributed by atoms with Crippen molar-refractivity contribution in [3.8, 4) is 22.8 Å². The Morgan fingerprint density at radius 1 is 1.10 bits per heavy atom. The first-order chi connectivity index (χ1) is 9.79. The molecule has 1 aromatic carbocycles. The average Bonchev–Trinajstić information content (AvgIpc) is 2.90. The molecule has 2 heterocycles. The average molecular weight is 266 g/mol. The van der Waals surface area contributed by atoms with Gasteiger partial charge in [-0.15, -0.1) is 0 Å². The fraction of sp³-hybridized carbons (Fsp3) is 0.0667. The van der Waals surface area contributed by atoms with Gasteiger partial charge in [0.1, 0.15) is 11.5 Å². The van der Waals surface area contributed by atoms with Crippen LogP contribution in [-0.2, 0) is 0 Å². The first kappa shape index (κ1) is 12.2. The van der Waals surface area contributed by atoms with Crippen LogP contribution in [0.25, 0.3) is 16.9 Å². The molecular formula is C15H14N4O. The second-order valence-electron chi connectivity index (χ2n) is 4.26. The van der Waals surface area contributed by atoms with Gasteiger partial charge >= 0.3 is 0 Å². The van der Waals surface area contributed by atoms with Crippen molar-refractivity contribution in [2.24, 2.45) is 0 Å². The highest BCUT2D eigenvalue weighted by atomic mass is 16.5. The molecule has 0 aliphatic carbocycles. The molecule has 100 valence electrons. The second-order valence-corrected chi connectivity index (χ2v) is 4.26. The van der Waals surface area contributed by atoms with E-state index in [0.29, 0.717) is 11.7 Å². The van der Waals surface area contributed by atoms with Crippen LogP contribution in [0.3, 0.4) is 0 Å². The third-order valence-electron chi connectivity index (χ3n) is 2.98. The van der Waals surface area contributed by atoms with E-state index >= 15 is 0 Å². The summed E-state index contributed by atoms with van der Waals surface area (Å²) >= 11 is 0. The highest BCUT2D eigenvalue weighted by Crippen LogP contribution is 2.28. The van der Waals surface area contributed by atoms with Gasteiger partial charge in [0.15, 0.2) is 0 Å². The number of benzene rings is 1. The summed E-state index contributed by atoms with van der Waals surface area (Å²) in [6, 6.07) is 15.3. The molecule has 0 saturated heterocycles. The molecule has 2 N–H and O–H groups in total. The monoisotopic (exact) mass is 266 g/mol. The third kappa shape index (κ3) is 2.09. The number of nitrogens with zero attached hydrogens (tertiary/aromatic N) is 3.